The standard InChI is InChI=1S/C22H18BrN3O3/c23-12-7-9-13(10-8-12)26-19(27)17-16-6-3-11-25(16)22(18(17)20(26)28)14-4-1-2-5-15(14)24-21(22)29/h1-2,4-5,7-10,16-18H,3,6,11H2,(H,24,29). The molecule has 0 bridgehead atoms. The summed E-state index contributed by atoms with van der Waals surface area (Å²) in [6, 6.07) is 14.6. The number of hydrogen-bond acceptors (Lipinski definition) is 4. The van der Waals surface area contributed by atoms with E-state index in [0.29, 0.717) is 5.69 Å². The van der Waals surface area contributed by atoms with Crippen LogP contribution in [0.25, 0.3) is 0 Å². The Morgan fingerprint density at radius 1 is 1.00 bits per heavy atom. The van der Waals surface area contributed by atoms with Crippen molar-refractivity contribution in [3.8, 4) is 0 Å². The molecule has 3 amide bonds. The number of carbonyl (C=O) groups excluding carboxylic acids is 3. The number of benzene rings is 2. The van der Waals surface area contributed by atoms with Crippen molar-refractivity contribution < 1.29 is 14.4 Å². The molecular weight excluding hydrogens is 434 g/mol. The highest BCUT2D eigenvalue weighted by atomic mass is 79.9. The molecule has 0 aliphatic carbocycles. The normalized spacial score (nSPS) is 32.7. The molecule has 7 heteroatoms. The van der Waals surface area contributed by atoms with E-state index in [1.807, 2.05) is 36.4 Å². The van der Waals surface area contributed by atoms with Crippen LogP contribution >= 0.6 is 15.9 Å². The van der Waals surface area contributed by atoms with Gasteiger partial charge in [-0.15, -0.1) is 0 Å². The van der Waals surface area contributed by atoms with Gasteiger partial charge in [0.25, 0.3) is 0 Å². The molecular formula is C22H18BrN3O3. The van der Waals surface area contributed by atoms with Gasteiger partial charge >= 0.3 is 0 Å². The van der Waals surface area contributed by atoms with E-state index in [9.17, 15) is 14.4 Å². The third-order valence-electron chi connectivity index (χ3n) is 6.98. The largest absolute Gasteiger partial charge is 0.324 e. The number of imide groups is 1. The van der Waals surface area contributed by atoms with Gasteiger partial charge in [0.05, 0.1) is 17.5 Å². The Morgan fingerprint density at radius 2 is 1.76 bits per heavy atom. The summed E-state index contributed by atoms with van der Waals surface area (Å²) in [6.45, 7) is 0.721. The molecule has 1 N–H and O–H groups in total. The molecule has 4 aliphatic rings. The molecule has 1 spiro atoms. The second-order valence-corrected chi connectivity index (χ2v) is 9.08. The molecule has 29 heavy (non-hydrogen) atoms. The summed E-state index contributed by atoms with van der Waals surface area (Å²) in [7, 11) is 0. The van der Waals surface area contributed by atoms with E-state index in [1.165, 1.54) is 4.90 Å². The van der Waals surface area contributed by atoms with E-state index in [2.05, 4.69) is 26.1 Å². The second kappa shape index (κ2) is 5.77. The fraction of sp³-hybridized carbons (Fsp3) is 0.318. The molecule has 4 aliphatic heterocycles. The first-order valence-corrected chi connectivity index (χ1v) is 10.7. The monoisotopic (exact) mass is 451 g/mol. The van der Waals surface area contributed by atoms with Gasteiger partial charge in [-0.3, -0.25) is 19.3 Å². The molecule has 2 aromatic rings. The fourth-order valence-electron chi connectivity index (χ4n) is 6.00. The summed E-state index contributed by atoms with van der Waals surface area (Å²) in [5.41, 5.74) is 1.03. The Balaban J connectivity index is 1.55. The van der Waals surface area contributed by atoms with Crippen LogP contribution in [0.15, 0.2) is 53.0 Å². The maximum Gasteiger partial charge on any atom is 0.250 e. The Hall–Kier alpha value is -2.51. The zero-order valence-corrected chi connectivity index (χ0v) is 17.1. The van der Waals surface area contributed by atoms with E-state index in [1.54, 1.807) is 12.1 Å². The average Bonchev–Trinajstić information content (AvgIpc) is 3.41. The molecule has 4 atom stereocenters. The lowest BCUT2D eigenvalue weighted by molar-refractivity contribution is -0.135. The molecule has 0 saturated carbocycles. The molecule has 3 saturated heterocycles. The van der Waals surface area contributed by atoms with Crippen molar-refractivity contribution in [3.63, 3.8) is 0 Å². The third-order valence-corrected chi connectivity index (χ3v) is 7.51. The van der Waals surface area contributed by atoms with Gasteiger partial charge in [-0.05, 0) is 49.7 Å². The molecule has 6 nitrogen and oxygen atoms in total. The zero-order valence-electron chi connectivity index (χ0n) is 15.5. The van der Waals surface area contributed by atoms with Crippen molar-refractivity contribution >= 4 is 45.0 Å². The van der Waals surface area contributed by atoms with Crippen molar-refractivity contribution in [1.82, 2.24) is 4.90 Å². The van der Waals surface area contributed by atoms with Crippen molar-refractivity contribution in [2.24, 2.45) is 11.8 Å². The lowest BCUT2D eigenvalue weighted by Crippen LogP contribution is -2.54. The van der Waals surface area contributed by atoms with Gasteiger partial charge < -0.3 is 5.32 Å². The second-order valence-electron chi connectivity index (χ2n) is 8.16. The molecule has 0 radical (unpaired) electrons. The Bertz CT molecular complexity index is 1080. The first kappa shape index (κ1) is 17.4. The molecule has 146 valence electrons. The molecule has 2 aromatic carbocycles. The Morgan fingerprint density at radius 3 is 2.55 bits per heavy atom. The van der Waals surface area contributed by atoms with Gasteiger partial charge in [-0.25, -0.2) is 4.90 Å². The topological polar surface area (TPSA) is 69.7 Å². The Labute approximate surface area is 176 Å². The number of carbonyl (C=O) groups is 3. The minimum atomic E-state index is -1.10. The summed E-state index contributed by atoms with van der Waals surface area (Å²) < 4.78 is 0.878. The van der Waals surface area contributed by atoms with Crippen LogP contribution in [-0.4, -0.2) is 35.2 Å². The van der Waals surface area contributed by atoms with Crippen molar-refractivity contribution in [3.05, 3.63) is 58.6 Å². The number of nitrogens with one attached hydrogen (secondary N) is 1. The van der Waals surface area contributed by atoms with E-state index >= 15 is 0 Å². The van der Waals surface area contributed by atoms with Crippen molar-refractivity contribution in [1.29, 1.82) is 0 Å². The van der Waals surface area contributed by atoms with E-state index in [4.69, 9.17) is 0 Å². The third kappa shape index (κ3) is 1.97. The maximum atomic E-state index is 13.7. The van der Waals surface area contributed by atoms with Gasteiger partial charge in [-0.1, -0.05) is 34.1 Å². The SMILES string of the molecule is O=C1C2C3CCCN3C3(C(=O)Nc4ccccc43)C2C(=O)N1c1ccc(Br)cc1. The summed E-state index contributed by atoms with van der Waals surface area (Å²) in [5.74, 6) is -1.84. The number of para-hydroxylation sites is 1. The summed E-state index contributed by atoms with van der Waals surface area (Å²) in [6.07, 6.45) is 1.75. The quantitative estimate of drug-likeness (QED) is 0.676. The number of amides is 3. The molecule has 4 heterocycles. The van der Waals surface area contributed by atoms with E-state index in [-0.39, 0.29) is 23.8 Å². The van der Waals surface area contributed by atoms with Gasteiger partial charge in [0, 0.05) is 21.8 Å². The predicted molar refractivity (Wildman–Crippen MR) is 110 cm³/mol. The van der Waals surface area contributed by atoms with Crippen LogP contribution in [0.3, 0.4) is 0 Å². The lowest BCUT2D eigenvalue weighted by Gasteiger charge is -2.36. The average molecular weight is 452 g/mol. The van der Waals surface area contributed by atoms with Crippen LogP contribution in [0.4, 0.5) is 11.4 Å². The number of anilines is 2. The molecule has 0 aromatic heterocycles. The fourth-order valence-corrected chi connectivity index (χ4v) is 6.27. The van der Waals surface area contributed by atoms with Crippen molar-refractivity contribution in [2.45, 2.75) is 24.4 Å². The van der Waals surface area contributed by atoms with Gasteiger partial charge in [0.15, 0.2) is 0 Å². The first-order valence-electron chi connectivity index (χ1n) is 9.86. The smallest absolute Gasteiger partial charge is 0.250 e. The van der Waals surface area contributed by atoms with Crippen LogP contribution < -0.4 is 10.2 Å². The number of nitrogens with zero attached hydrogens (tertiary/aromatic N) is 2. The number of hydrogen-bond donors (Lipinski definition) is 1. The number of halogens is 1. The minimum absolute atomic E-state index is 0.0891. The first-order chi connectivity index (χ1) is 14.0. The number of rotatable bonds is 1. The molecule has 3 fully saturated rings. The summed E-state index contributed by atoms with van der Waals surface area (Å²) in [5, 5.41) is 2.98. The van der Waals surface area contributed by atoms with Crippen LogP contribution in [0.2, 0.25) is 0 Å². The highest BCUT2D eigenvalue weighted by molar-refractivity contribution is 9.10. The summed E-state index contributed by atoms with van der Waals surface area (Å²) in [4.78, 5) is 44.1. The van der Waals surface area contributed by atoms with Crippen LogP contribution in [0.1, 0.15) is 18.4 Å². The maximum absolute atomic E-state index is 13.7. The number of fused-ring (bicyclic) bond motifs is 7. The van der Waals surface area contributed by atoms with Crippen molar-refractivity contribution in [2.75, 3.05) is 16.8 Å². The van der Waals surface area contributed by atoms with Crippen LogP contribution in [0, 0.1) is 11.8 Å². The zero-order chi connectivity index (χ0) is 19.9. The molecule has 6 rings (SSSR count). The van der Waals surface area contributed by atoms with Gasteiger partial charge in [-0.2, -0.15) is 0 Å². The van der Waals surface area contributed by atoms with Gasteiger partial charge in [0.1, 0.15) is 5.54 Å². The van der Waals surface area contributed by atoms with Gasteiger partial charge in [0.2, 0.25) is 17.7 Å². The molecule has 4 unspecified atom stereocenters. The minimum Gasteiger partial charge on any atom is -0.324 e. The Kier molecular flexibility index (Phi) is 3.45. The lowest BCUT2D eigenvalue weighted by atomic mass is 9.75. The predicted octanol–water partition coefficient (Wildman–Crippen LogP) is 2.88. The van der Waals surface area contributed by atoms with E-state index in [0.717, 1.165) is 35.1 Å². The highest BCUT2D eigenvalue weighted by Crippen LogP contribution is 2.60. The van der Waals surface area contributed by atoms with E-state index < -0.39 is 17.4 Å². The van der Waals surface area contributed by atoms with Crippen LogP contribution in [0.5, 0.6) is 0 Å². The van der Waals surface area contributed by atoms with Crippen LogP contribution in [-0.2, 0) is 19.9 Å². The highest BCUT2D eigenvalue weighted by Gasteiger charge is 2.74. The summed E-state index contributed by atoms with van der Waals surface area (Å²) >= 11 is 3.40.